The summed E-state index contributed by atoms with van der Waals surface area (Å²) in [6, 6.07) is 7.86. The number of thioether (sulfide) groups is 1. The van der Waals surface area contributed by atoms with Gasteiger partial charge in [0.05, 0.1) is 12.9 Å². The Balaban J connectivity index is 2.54. The van der Waals surface area contributed by atoms with Gasteiger partial charge in [0.25, 0.3) is 0 Å². The average molecular weight is 274 g/mol. The molecule has 0 N–H and O–H groups in total. The summed E-state index contributed by atoms with van der Waals surface area (Å²) >= 11 is 1.64. The quantitative estimate of drug-likeness (QED) is 0.799. The summed E-state index contributed by atoms with van der Waals surface area (Å²) in [6.07, 6.45) is 1.27. The summed E-state index contributed by atoms with van der Waals surface area (Å²) < 4.78 is 27.2. The fourth-order valence-corrected chi connectivity index (χ4v) is 3.66. The summed E-state index contributed by atoms with van der Waals surface area (Å²) in [7, 11) is -1.22. The Kier molecular flexibility index (Phi) is 5.33. The van der Waals surface area contributed by atoms with Crippen molar-refractivity contribution >= 4 is 21.6 Å². The van der Waals surface area contributed by atoms with Crippen LogP contribution in [0, 0.1) is 0 Å². The minimum Gasteiger partial charge on any atom is -0.497 e. The summed E-state index contributed by atoms with van der Waals surface area (Å²) in [4.78, 5) is 0. The van der Waals surface area contributed by atoms with E-state index in [0.29, 0.717) is 5.75 Å². The number of rotatable bonds is 6. The first-order valence-electron chi connectivity index (χ1n) is 5.35. The van der Waals surface area contributed by atoms with Crippen LogP contribution >= 0.6 is 11.8 Å². The van der Waals surface area contributed by atoms with Gasteiger partial charge in [-0.25, -0.2) is 8.42 Å². The molecule has 17 heavy (non-hydrogen) atoms. The molecular weight excluding hydrogens is 256 g/mol. The van der Waals surface area contributed by atoms with Gasteiger partial charge >= 0.3 is 0 Å². The molecule has 1 atom stereocenters. The van der Waals surface area contributed by atoms with Gasteiger partial charge in [-0.15, -0.1) is 0 Å². The Bertz CT molecular complexity index is 455. The Morgan fingerprint density at radius 3 is 2.71 bits per heavy atom. The molecule has 0 spiro atoms. The third-order valence-electron chi connectivity index (χ3n) is 2.39. The summed E-state index contributed by atoms with van der Waals surface area (Å²) in [5.74, 6) is 1.68. The molecule has 0 aromatic heterocycles. The molecule has 5 heteroatoms. The van der Waals surface area contributed by atoms with Gasteiger partial charge in [-0.2, -0.15) is 11.8 Å². The van der Waals surface area contributed by atoms with Crippen molar-refractivity contribution in [2.45, 2.75) is 12.2 Å². The zero-order valence-electron chi connectivity index (χ0n) is 10.3. The number of ether oxygens (including phenoxy) is 1. The van der Waals surface area contributed by atoms with Gasteiger partial charge in [0.2, 0.25) is 0 Å². The van der Waals surface area contributed by atoms with E-state index in [1.807, 2.05) is 24.3 Å². The predicted molar refractivity (Wildman–Crippen MR) is 73.6 cm³/mol. The maximum atomic E-state index is 11.0. The average Bonchev–Trinajstić information content (AvgIpc) is 2.27. The minimum atomic E-state index is -2.86. The molecule has 0 fully saturated rings. The normalized spacial score (nSPS) is 13.4. The second kappa shape index (κ2) is 6.31. The highest BCUT2D eigenvalue weighted by atomic mass is 32.2. The van der Waals surface area contributed by atoms with E-state index < -0.39 is 9.84 Å². The van der Waals surface area contributed by atoms with E-state index in [-0.39, 0.29) is 11.0 Å². The lowest BCUT2D eigenvalue weighted by Crippen LogP contribution is -2.06. The number of sulfone groups is 1. The molecule has 0 bridgehead atoms. The summed E-state index contributed by atoms with van der Waals surface area (Å²) in [5.41, 5.74) is 1.16. The molecule has 0 aliphatic rings. The zero-order valence-corrected chi connectivity index (χ0v) is 12.0. The number of benzene rings is 1. The van der Waals surface area contributed by atoms with E-state index in [9.17, 15) is 8.42 Å². The summed E-state index contributed by atoms with van der Waals surface area (Å²) in [6.45, 7) is 2.07. The second-order valence-electron chi connectivity index (χ2n) is 3.92. The van der Waals surface area contributed by atoms with Crippen LogP contribution in [0.5, 0.6) is 5.75 Å². The molecule has 0 amide bonds. The van der Waals surface area contributed by atoms with E-state index in [2.05, 4.69) is 6.92 Å². The molecule has 0 aliphatic heterocycles. The first-order chi connectivity index (χ1) is 7.92. The van der Waals surface area contributed by atoms with Crippen LogP contribution in [0.15, 0.2) is 24.3 Å². The maximum Gasteiger partial charge on any atom is 0.148 e. The Morgan fingerprint density at radius 1 is 1.41 bits per heavy atom. The zero-order chi connectivity index (χ0) is 12.9. The third kappa shape index (κ3) is 5.46. The van der Waals surface area contributed by atoms with Crippen LogP contribution in [-0.4, -0.2) is 33.3 Å². The van der Waals surface area contributed by atoms with Crippen LogP contribution < -0.4 is 4.74 Å². The lowest BCUT2D eigenvalue weighted by molar-refractivity contribution is 0.414. The van der Waals surface area contributed by atoms with Gasteiger partial charge in [0.15, 0.2) is 0 Å². The van der Waals surface area contributed by atoms with Crippen molar-refractivity contribution in [2.24, 2.45) is 0 Å². The molecule has 1 aromatic carbocycles. The SMILES string of the molecule is COc1cccc([C@H](C)SCCS(C)(=O)=O)c1. The monoisotopic (exact) mass is 274 g/mol. The Labute approximate surface area is 107 Å². The van der Waals surface area contributed by atoms with E-state index in [1.54, 1.807) is 18.9 Å². The molecule has 0 saturated carbocycles. The molecule has 0 aliphatic carbocycles. The highest BCUT2D eigenvalue weighted by Crippen LogP contribution is 2.30. The van der Waals surface area contributed by atoms with Crippen LogP contribution in [0.1, 0.15) is 17.7 Å². The van der Waals surface area contributed by atoms with Crippen LogP contribution in [0.3, 0.4) is 0 Å². The first-order valence-corrected chi connectivity index (χ1v) is 8.46. The van der Waals surface area contributed by atoms with Crippen molar-refractivity contribution in [3.05, 3.63) is 29.8 Å². The maximum absolute atomic E-state index is 11.0. The standard InChI is InChI=1S/C12H18O3S2/c1-10(16-7-8-17(3,13)14)11-5-4-6-12(9-11)15-2/h4-6,9-10H,7-8H2,1-3H3/t10-/m0/s1. The van der Waals surface area contributed by atoms with Gasteiger partial charge in [-0.05, 0) is 24.6 Å². The molecule has 96 valence electrons. The second-order valence-corrected chi connectivity index (χ2v) is 7.63. The van der Waals surface area contributed by atoms with Crippen molar-refractivity contribution in [1.82, 2.24) is 0 Å². The van der Waals surface area contributed by atoms with Crippen molar-refractivity contribution in [2.75, 3.05) is 24.9 Å². The largest absolute Gasteiger partial charge is 0.497 e. The molecule has 0 unspecified atom stereocenters. The van der Waals surface area contributed by atoms with Crippen LogP contribution in [0.25, 0.3) is 0 Å². The summed E-state index contributed by atoms with van der Waals surface area (Å²) in [5, 5.41) is 0.270. The van der Waals surface area contributed by atoms with Gasteiger partial charge in [0.1, 0.15) is 15.6 Å². The van der Waals surface area contributed by atoms with Crippen molar-refractivity contribution in [1.29, 1.82) is 0 Å². The molecule has 1 rings (SSSR count). The lowest BCUT2D eigenvalue weighted by atomic mass is 10.1. The predicted octanol–water partition coefficient (Wildman–Crippen LogP) is 2.53. The highest BCUT2D eigenvalue weighted by molar-refractivity contribution is 8.00. The van der Waals surface area contributed by atoms with Crippen molar-refractivity contribution in [3.8, 4) is 5.75 Å². The minimum absolute atomic E-state index is 0.228. The number of methoxy groups -OCH3 is 1. The van der Waals surface area contributed by atoms with Crippen LogP contribution in [0.2, 0.25) is 0 Å². The first kappa shape index (κ1) is 14.4. The van der Waals surface area contributed by atoms with Gasteiger partial charge < -0.3 is 4.74 Å². The molecule has 0 saturated heterocycles. The van der Waals surface area contributed by atoms with E-state index in [1.165, 1.54) is 6.26 Å². The van der Waals surface area contributed by atoms with E-state index in [4.69, 9.17) is 4.74 Å². The van der Waals surface area contributed by atoms with E-state index in [0.717, 1.165) is 11.3 Å². The third-order valence-corrected chi connectivity index (χ3v) is 4.80. The van der Waals surface area contributed by atoms with Gasteiger partial charge in [0, 0.05) is 17.3 Å². The smallest absolute Gasteiger partial charge is 0.148 e. The Morgan fingerprint density at radius 2 is 2.12 bits per heavy atom. The number of hydrogen-bond donors (Lipinski definition) is 0. The highest BCUT2D eigenvalue weighted by Gasteiger charge is 2.09. The van der Waals surface area contributed by atoms with Crippen LogP contribution in [0.4, 0.5) is 0 Å². The topological polar surface area (TPSA) is 43.4 Å². The molecule has 0 radical (unpaired) electrons. The molecule has 3 nitrogen and oxygen atoms in total. The van der Waals surface area contributed by atoms with Gasteiger partial charge in [-0.3, -0.25) is 0 Å². The fraction of sp³-hybridized carbons (Fsp3) is 0.500. The Hall–Kier alpha value is -0.680. The van der Waals surface area contributed by atoms with Crippen LogP contribution in [-0.2, 0) is 9.84 Å². The number of hydrogen-bond acceptors (Lipinski definition) is 4. The molecule has 1 aromatic rings. The lowest BCUT2D eigenvalue weighted by Gasteiger charge is -2.12. The van der Waals surface area contributed by atoms with Gasteiger partial charge in [-0.1, -0.05) is 12.1 Å². The van der Waals surface area contributed by atoms with Crippen molar-refractivity contribution < 1.29 is 13.2 Å². The molecular formula is C12H18O3S2. The molecule has 0 heterocycles. The van der Waals surface area contributed by atoms with E-state index >= 15 is 0 Å². The fourth-order valence-electron chi connectivity index (χ4n) is 1.37. The van der Waals surface area contributed by atoms with Crippen molar-refractivity contribution in [3.63, 3.8) is 0 Å².